The minimum absolute atomic E-state index is 0.208. The van der Waals surface area contributed by atoms with Gasteiger partial charge in [0.2, 0.25) is 0 Å². The minimum Gasteiger partial charge on any atom is -0.449 e. The molecule has 0 atom stereocenters. The average Bonchev–Trinajstić information content (AvgIpc) is 3.28. The second-order valence-corrected chi connectivity index (χ2v) is 7.17. The van der Waals surface area contributed by atoms with Crippen molar-refractivity contribution in [3.8, 4) is 5.69 Å². The van der Waals surface area contributed by atoms with Crippen molar-refractivity contribution in [2.75, 3.05) is 11.4 Å². The molecule has 1 aliphatic carbocycles. The molecule has 1 fully saturated rings. The summed E-state index contributed by atoms with van der Waals surface area (Å²) < 4.78 is 7.78. The van der Waals surface area contributed by atoms with E-state index in [2.05, 4.69) is 12.2 Å². The molecule has 2 aromatic rings. The monoisotopic (exact) mass is 347 g/mol. The van der Waals surface area contributed by atoms with E-state index in [1.54, 1.807) is 0 Å². The summed E-state index contributed by atoms with van der Waals surface area (Å²) in [6, 6.07) is 11.9. The topological polar surface area (TPSA) is 47.4 Å². The highest BCUT2D eigenvalue weighted by atomic mass is 16.6. The van der Waals surface area contributed by atoms with E-state index in [0.717, 1.165) is 42.8 Å². The molecule has 1 spiro atoms. The zero-order chi connectivity index (χ0) is 17.6. The SMILES string of the molecule is O=C1OC2(CCCCC2)C2=C1N(c1ccn(-c3ccccc3)n1)CC=C2. The number of rotatable bonds is 2. The first-order chi connectivity index (χ1) is 12.8. The summed E-state index contributed by atoms with van der Waals surface area (Å²) in [5.41, 5.74) is 2.30. The third-order valence-electron chi connectivity index (χ3n) is 5.60. The fraction of sp³-hybridized carbons (Fsp3) is 0.333. The number of carbonyl (C=O) groups is 1. The molecule has 1 aromatic heterocycles. The first-order valence-electron chi connectivity index (χ1n) is 9.30. The Balaban J connectivity index is 1.53. The lowest BCUT2D eigenvalue weighted by Gasteiger charge is -2.34. The number of carbonyl (C=O) groups excluding carboxylic acids is 1. The van der Waals surface area contributed by atoms with Crippen LogP contribution in [0.1, 0.15) is 32.1 Å². The van der Waals surface area contributed by atoms with Gasteiger partial charge in [-0.2, -0.15) is 0 Å². The van der Waals surface area contributed by atoms with Crippen LogP contribution in [-0.2, 0) is 9.53 Å². The first-order valence-corrected chi connectivity index (χ1v) is 9.30. The number of esters is 1. The Hall–Kier alpha value is -2.82. The Morgan fingerprint density at radius 3 is 2.65 bits per heavy atom. The maximum atomic E-state index is 12.8. The molecule has 0 unspecified atom stereocenters. The van der Waals surface area contributed by atoms with E-state index in [4.69, 9.17) is 9.84 Å². The zero-order valence-electron chi connectivity index (χ0n) is 14.6. The number of fused-ring (bicyclic) bond motifs is 1. The highest BCUT2D eigenvalue weighted by Gasteiger charge is 2.49. The molecule has 0 saturated heterocycles. The summed E-state index contributed by atoms with van der Waals surface area (Å²) in [7, 11) is 0. The van der Waals surface area contributed by atoms with Crippen molar-refractivity contribution in [3.63, 3.8) is 0 Å². The van der Waals surface area contributed by atoms with Gasteiger partial charge in [-0.05, 0) is 37.8 Å². The van der Waals surface area contributed by atoms with Crippen LogP contribution in [0.5, 0.6) is 0 Å². The Morgan fingerprint density at radius 1 is 1.04 bits per heavy atom. The molecule has 1 aromatic carbocycles. The van der Waals surface area contributed by atoms with E-state index in [1.807, 2.05) is 52.2 Å². The van der Waals surface area contributed by atoms with Crippen LogP contribution >= 0.6 is 0 Å². The van der Waals surface area contributed by atoms with E-state index >= 15 is 0 Å². The van der Waals surface area contributed by atoms with Crippen LogP contribution in [0, 0.1) is 0 Å². The van der Waals surface area contributed by atoms with E-state index in [0.29, 0.717) is 12.2 Å². The molecule has 5 nitrogen and oxygen atoms in total. The van der Waals surface area contributed by atoms with Crippen LogP contribution in [0.15, 0.2) is 66.0 Å². The van der Waals surface area contributed by atoms with Crippen LogP contribution in [0.25, 0.3) is 5.69 Å². The Bertz CT molecular complexity index is 904. The zero-order valence-corrected chi connectivity index (χ0v) is 14.6. The van der Waals surface area contributed by atoms with Crippen molar-refractivity contribution in [2.45, 2.75) is 37.7 Å². The second kappa shape index (κ2) is 5.87. The van der Waals surface area contributed by atoms with Crippen molar-refractivity contribution >= 4 is 11.8 Å². The summed E-state index contributed by atoms with van der Waals surface area (Å²) in [6.07, 6.45) is 11.4. The highest BCUT2D eigenvalue weighted by molar-refractivity contribution is 5.98. The lowest BCUT2D eigenvalue weighted by molar-refractivity contribution is -0.149. The molecular formula is C21H21N3O2. The number of aromatic nitrogens is 2. The Morgan fingerprint density at radius 2 is 1.85 bits per heavy atom. The quantitative estimate of drug-likeness (QED) is 0.776. The molecule has 0 bridgehead atoms. The van der Waals surface area contributed by atoms with Crippen LogP contribution in [0.4, 0.5) is 5.82 Å². The molecule has 0 radical (unpaired) electrons. The lowest BCUT2D eigenvalue weighted by atomic mass is 9.78. The molecule has 3 aliphatic rings. The predicted octanol–water partition coefficient (Wildman–Crippen LogP) is 3.76. The van der Waals surface area contributed by atoms with E-state index in [-0.39, 0.29) is 5.97 Å². The van der Waals surface area contributed by atoms with Gasteiger partial charge >= 0.3 is 5.97 Å². The summed E-state index contributed by atoms with van der Waals surface area (Å²) in [5.74, 6) is 0.566. The predicted molar refractivity (Wildman–Crippen MR) is 99.0 cm³/mol. The standard InChI is InChI=1S/C21H21N3O2/c25-20-19-17(21(26-20)12-5-2-6-13-21)10-7-14-23(19)18-11-15-24(22-18)16-8-3-1-4-9-16/h1,3-4,7-11,15H,2,5-6,12-14H2. The van der Waals surface area contributed by atoms with Gasteiger partial charge in [0.25, 0.3) is 0 Å². The van der Waals surface area contributed by atoms with Gasteiger partial charge in [-0.15, -0.1) is 5.10 Å². The van der Waals surface area contributed by atoms with Gasteiger partial charge in [0.1, 0.15) is 11.3 Å². The summed E-state index contributed by atoms with van der Waals surface area (Å²) in [6.45, 7) is 0.635. The van der Waals surface area contributed by atoms with Gasteiger partial charge in [-0.25, -0.2) is 9.48 Å². The fourth-order valence-corrected chi connectivity index (χ4v) is 4.35. The highest BCUT2D eigenvalue weighted by Crippen LogP contribution is 2.46. The third kappa shape index (κ3) is 2.30. The van der Waals surface area contributed by atoms with Crippen molar-refractivity contribution in [1.29, 1.82) is 0 Å². The van der Waals surface area contributed by atoms with Crippen LogP contribution in [-0.4, -0.2) is 27.9 Å². The fourth-order valence-electron chi connectivity index (χ4n) is 4.35. The van der Waals surface area contributed by atoms with Crippen molar-refractivity contribution in [1.82, 2.24) is 9.78 Å². The van der Waals surface area contributed by atoms with E-state index < -0.39 is 5.60 Å². The molecule has 0 amide bonds. The number of ether oxygens (including phenoxy) is 1. The largest absolute Gasteiger partial charge is 0.449 e. The number of anilines is 1. The van der Waals surface area contributed by atoms with Gasteiger partial charge in [-0.1, -0.05) is 36.8 Å². The van der Waals surface area contributed by atoms with Crippen molar-refractivity contribution < 1.29 is 9.53 Å². The molecule has 0 N–H and O–H groups in total. The third-order valence-corrected chi connectivity index (χ3v) is 5.60. The maximum absolute atomic E-state index is 12.8. The molecule has 5 rings (SSSR count). The van der Waals surface area contributed by atoms with Gasteiger partial charge < -0.3 is 9.64 Å². The number of para-hydroxylation sites is 1. The molecule has 5 heteroatoms. The summed E-state index contributed by atoms with van der Waals surface area (Å²) in [5, 5.41) is 4.70. The van der Waals surface area contributed by atoms with Crippen LogP contribution < -0.4 is 4.90 Å². The Labute approximate surface area is 152 Å². The summed E-state index contributed by atoms with van der Waals surface area (Å²) >= 11 is 0. The van der Waals surface area contributed by atoms with E-state index in [9.17, 15) is 4.79 Å². The first kappa shape index (κ1) is 15.4. The van der Waals surface area contributed by atoms with Crippen LogP contribution in [0.3, 0.4) is 0 Å². The number of nitrogens with zero attached hydrogens (tertiary/aromatic N) is 3. The van der Waals surface area contributed by atoms with Crippen molar-refractivity contribution in [3.05, 3.63) is 66.0 Å². The van der Waals surface area contributed by atoms with Gasteiger partial charge in [0.15, 0.2) is 5.82 Å². The summed E-state index contributed by atoms with van der Waals surface area (Å²) in [4.78, 5) is 14.7. The molecule has 1 saturated carbocycles. The number of hydrogen-bond donors (Lipinski definition) is 0. The smallest absolute Gasteiger partial charge is 0.356 e. The molecule has 132 valence electrons. The minimum atomic E-state index is -0.415. The lowest BCUT2D eigenvalue weighted by Crippen LogP contribution is -2.34. The molecular weight excluding hydrogens is 326 g/mol. The molecule has 26 heavy (non-hydrogen) atoms. The normalized spacial score (nSPS) is 21.2. The maximum Gasteiger partial charge on any atom is 0.356 e. The number of benzene rings is 1. The molecule has 2 aliphatic heterocycles. The van der Waals surface area contributed by atoms with Crippen molar-refractivity contribution in [2.24, 2.45) is 0 Å². The van der Waals surface area contributed by atoms with Gasteiger partial charge in [-0.3, -0.25) is 0 Å². The second-order valence-electron chi connectivity index (χ2n) is 7.17. The Kier molecular flexibility index (Phi) is 3.48. The number of hydrogen-bond acceptors (Lipinski definition) is 4. The van der Waals surface area contributed by atoms with Gasteiger partial charge in [0, 0.05) is 24.4 Å². The van der Waals surface area contributed by atoms with E-state index in [1.165, 1.54) is 6.42 Å². The van der Waals surface area contributed by atoms with Crippen LogP contribution in [0.2, 0.25) is 0 Å². The van der Waals surface area contributed by atoms with Gasteiger partial charge in [0.05, 0.1) is 5.69 Å². The molecule has 3 heterocycles. The average molecular weight is 347 g/mol.